The summed E-state index contributed by atoms with van der Waals surface area (Å²) >= 11 is 0. The molecule has 2 aromatic rings. The van der Waals surface area contributed by atoms with E-state index in [-0.39, 0.29) is 37.3 Å². The maximum atomic E-state index is 12.6. The van der Waals surface area contributed by atoms with Crippen LogP contribution in [0.15, 0.2) is 48.5 Å². The Kier molecular flexibility index (Phi) is 6.67. The molecule has 7 heteroatoms. The lowest BCUT2D eigenvalue weighted by molar-refractivity contribution is -0.148. The lowest BCUT2D eigenvalue weighted by Crippen LogP contribution is -2.47. The van der Waals surface area contributed by atoms with Crippen LogP contribution in [0, 0.1) is 11.8 Å². The molecule has 0 spiro atoms. The van der Waals surface area contributed by atoms with E-state index in [1.165, 1.54) is 0 Å². The zero-order valence-electron chi connectivity index (χ0n) is 19.0. The topological polar surface area (TPSA) is 95.9 Å². The summed E-state index contributed by atoms with van der Waals surface area (Å²) in [5.74, 6) is -1.55. The zero-order chi connectivity index (χ0) is 23.5. The van der Waals surface area contributed by atoms with Gasteiger partial charge in [0.15, 0.2) is 0 Å². The van der Waals surface area contributed by atoms with Crippen molar-refractivity contribution in [3.05, 3.63) is 59.7 Å². The number of nitrogens with zero attached hydrogens (tertiary/aromatic N) is 1. The summed E-state index contributed by atoms with van der Waals surface area (Å²) in [4.78, 5) is 38.1. The van der Waals surface area contributed by atoms with Gasteiger partial charge in [-0.15, -0.1) is 0 Å². The van der Waals surface area contributed by atoms with Crippen molar-refractivity contribution in [2.24, 2.45) is 11.8 Å². The van der Waals surface area contributed by atoms with Gasteiger partial charge in [0.1, 0.15) is 6.61 Å². The third kappa shape index (κ3) is 4.87. The van der Waals surface area contributed by atoms with E-state index in [0.29, 0.717) is 13.0 Å². The minimum atomic E-state index is -0.871. The van der Waals surface area contributed by atoms with Gasteiger partial charge in [-0.25, -0.2) is 4.79 Å². The maximum Gasteiger partial charge on any atom is 0.407 e. The van der Waals surface area contributed by atoms with Crippen LogP contribution < -0.4 is 5.32 Å². The van der Waals surface area contributed by atoms with Crippen molar-refractivity contribution in [2.45, 2.75) is 38.6 Å². The van der Waals surface area contributed by atoms with E-state index in [1.54, 1.807) is 11.8 Å². The normalized spacial score (nSPS) is 20.5. The fourth-order valence-electron chi connectivity index (χ4n) is 4.90. The van der Waals surface area contributed by atoms with Crippen molar-refractivity contribution in [3.63, 3.8) is 0 Å². The van der Waals surface area contributed by atoms with Crippen LogP contribution in [0.5, 0.6) is 0 Å². The van der Waals surface area contributed by atoms with Crippen molar-refractivity contribution in [3.8, 4) is 11.1 Å². The van der Waals surface area contributed by atoms with Gasteiger partial charge in [-0.2, -0.15) is 0 Å². The Labute approximate surface area is 193 Å². The monoisotopic (exact) mass is 450 g/mol. The van der Waals surface area contributed by atoms with E-state index >= 15 is 0 Å². The predicted octanol–water partition coefficient (Wildman–Crippen LogP) is 3.87. The van der Waals surface area contributed by atoms with Gasteiger partial charge in [-0.1, -0.05) is 55.5 Å². The van der Waals surface area contributed by atoms with Gasteiger partial charge in [0.2, 0.25) is 5.91 Å². The molecule has 4 rings (SSSR count). The molecular weight excluding hydrogens is 420 g/mol. The standard InChI is InChI=1S/C26H30N2O5/c1-16-11-12-28(14-22(16)25(30)31)24(29)13-17(2)27-26(32)33-15-23-20-9-5-3-7-18(20)19-8-4-6-10-21(19)23/h3-10,16-17,22-23H,11-15H2,1-2H3,(H,27,32)(H,30,31). The number of hydrogen-bond acceptors (Lipinski definition) is 4. The Hall–Kier alpha value is -3.35. The molecule has 2 aromatic carbocycles. The third-order valence-corrected chi connectivity index (χ3v) is 6.82. The van der Waals surface area contributed by atoms with Crippen molar-refractivity contribution in [2.75, 3.05) is 19.7 Å². The first-order valence-corrected chi connectivity index (χ1v) is 11.5. The van der Waals surface area contributed by atoms with Gasteiger partial charge in [0.25, 0.3) is 0 Å². The molecule has 2 aliphatic rings. The predicted molar refractivity (Wildman–Crippen MR) is 124 cm³/mol. The van der Waals surface area contributed by atoms with Crippen LogP contribution in [0.1, 0.15) is 43.7 Å². The minimum Gasteiger partial charge on any atom is -0.481 e. The number of carbonyl (C=O) groups is 3. The summed E-state index contributed by atoms with van der Waals surface area (Å²) in [6.45, 7) is 4.63. The first kappa shape index (κ1) is 22.8. The van der Waals surface area contributed by atoms with Crippen molar-refractivity contribution in [1.29, 1.82) is 0 Å². The molecule has 7 nitrogen and oxygen atoms in total. The molecule has 0 bridgehead atoms. The van der Waals surface area contributed by atoms with Crippen LogP contribution in [0.25, 0.3) is 11.1 Å². The highest BCUT2D eigenvalue weighted by Gasteiger charge is 2.34. The van der Waals surface area contributed by atoms with Crippen LogP contribution >= 0.6 is 0 Å². The first-order chi connectivity index (χ1) is 15.8. The quantitative estimate of drug-likeness (QED) is 0.697. The van der Waals surface area contributed by atoms with E-state index in [9.17, 15) is 19.5 Å². The number of ether oxygens (including phenoxy) is 1. The van der Waals surface area contributed by atoms with Gasteiger partial charge in [0.05, 0.1) is 5.92 Å². The second-order valence-electron chi connectivity index (χ2n) is 9.13. The number of fused-ring (bicyclic) bond motifs is 3. The average Bonchev–Trinajstić information content (AvgIpc) is 3.11. The lowest BCUT2D eigenvalue weighted by Gasteiger charge is -2.35. The molecule has 0 saturated carbocycles. The Morgan fingerprint density at radius 1 is 1.09 bits per heavy atom. The average molecular weight is 451 g/mol. The van der Waals surface area contributed by atoms with Gasteiger partial charge in [-0.3, -0.25) is 9.59 Å². The number of alkyl carbamates (subject to hydrolysis) is 1. The molecule has 1 saturated heterocycles. The zero-order valence-corrected chi connectivity index (χ0v) is 19.0. The summed E-state index contributed by atoms with van der Waals surface area (Å²) in [5, 5.41) is 12.1. The smallest absolute Gasteiger partial charge is 0.407 e. The summed E-state index contributed by atoms with van der Waals surface area (Å²) in [6, 6.07) is 15.9. The van der Waals surface area contributed by atoms with Crippen molar-refractivity contribution < 1.29 is 24.2 Å². The third-order valence-electron chi connectivity index (χ3n) is 6.82. The second-order valence-corrected chi connectivity index (χ2v) is 9.13. The van der Waals surface area contributed by atoms with Gasteiger partial charge in [0, 0.05) is 31.5 Å². The number of aliphatic carboxylic acids is 1. The van der Waals surface area contributed by atoms with Crippen molar-refractivity contribution in [1.82, 2.24) is 10.2 Å². The molecule has 174 valence electrons. The molecule has 1 fully saturated rings. The molecule has 0 radical (unpaired) electrons. The van der Waals surface area contributed by atoms with Crippen LogP contribution in [-0.2, 0) is 14.3 Å². The molecule has 1 aliphatic carbocycles. The lowest BCUT2D eigenvalue weighted by atomic mass is 9.87. The first-order valence-electron chi connectivity index (χ1n) is 11.5. The van der Waals surface area contributed by atoms with E-state index in [0.717, 1.165) is 22.3 Å². The van der Waals surface area contributed by atoms with Crippen LogP contribution in [-0.4, -0.2) is 53.7 Å². The molecule has 33 heavy (non-hydrogen) atoms. The number of carboxylic acid groups (broad SMARTS) is 1. The highest BCUT2D eigenvalue weighted by Crippen LogP contribution is 2.44. The largest absolute Gasteiger partial charge is 0.481 e. The van der Waals surface area contributed by atoms with Crippen LogP contribution in [0.2, 0.25) is 0 Å². The molecule has 0 aromatic heterocycles. The van der Waals surface area contributed by atoms with Gasteiger partial charge in [-0.05, 0) is 41.5 Å². The van der Waals surface area contributed by atoms with Crippen molar-refractivity contribution >= 4 is 18.0 Å². The van der Waals surface area contributed by atoms with Gasteiger partial charge < -0.3 is 20.1 Å². The molecule has 3 atom stereocenters. The summed E-state index contributed by atoms with van der Waals surface area (Å²) < 4.78 is 5.55. The number of rotatable bonds is 6. The number of hydrogen-bond donors (Lipinski definition) is 2. The number of nitrogens with one attached hydrogen (secondary N) is 1. The molecule has 1 heterocycles. The molecular formula is C26H30N2O5. The highest BCUT2D eigenvalue weighted by atomic mass is 16.5. The maximum absolute atomic E-state index is 12.6. The molecule has 2 N–H and O–H groups in total. The minimum absolute atomic E-state index is 0.0246. The molecule has 3 unspecified atom stereocenters. The number of carbonyl (C=O) groups excluding carboxylic acids is 2. The van der Waals surface area contributed by atoms with E-state index in [2.05, 4.69) is 29.6 Å². The number of piperidine rings is 1. The summed E-state index contributed by atoms with van der Waals surface area (Å²) in [5.41, 5.74) is 4.61. The molecule has 1 aliphatic heterocycles. The van der Waals surface area contributed by atoms with Crippen LogP contribution in [0.3, 0.4) is 0 Å². The number of benzene rings is 2. The Morgan fingerprint density at radius 2 is 1.70 bits per heavy atom. The van der Waals surface area contributed by atoms with Gasteiger partial charge >= 0.3 is 12.1 Å². The van der Waals surface area contributed by atoms with E-state index in [1.807, 2.05) is 31.2 Å². The Bertz CT molecular complexity index is 1010. The molecule has 2 amide bonds. The SMILES string of the molecule is CC(CC(=O)N1CCC(C)C(C(=O)O)C1)NC(=O)OCC1c2ccccc2-c2ccccc21. The Balaban J connectivity index is 1.30. The number of likely N-dealkylation sites (tertiary alicyclic amines) is 1. The highest BCUT2D eigenvalue weighted by molar-refractivity contribution is 5.80. The van der Waals surface area contributed by atoms with E-state index < -0.39 is 24.0 Å². The second kappa shape index (κ2) is 9.65. The van der Waals surface area contributed by atoms with E-state index in [4.69, 9.17) is 4.74 Å². The fourth-order valence-corrected chi connectivity index (χ4v) is 4.90. The number of amides is 2. The summed E-state index contributed by atoms with van der Waals surface area (Å²) in [7, 11) is 0. The summed E-state index contributed by atoms with van der Waals surface area (Å²) in [6.07, 6.45) is 0.204. The number of carboxylic acids is 1. The Morgan fingerprint density at radius 3 is 2.30 bits per heavy atom. The van der Waals surface area contributed by atoms with Crippen LogP contribution in [0.4, 0.5) is 4.79 Å². The fraction of sp³-hybridized carbons (Fsp3) is 0.423.